The molecular weight excluding hydrogens is 411 g/mol. The van der Waals surface area contributed by atoms with Crippen molar-refractivity contribution in [2.24, 2.45) is 0 Å². The molecule has 2 aromatic rings. The van der Waals surface area contributed by atoms with E-state index in [9.17, 15) is 4.79 Å². The Morgan fingerprint density at radius 3 is 2.69 bits per heavy atom. The van der Waals surface area contributed by atoms with Gasteiger partial charge in [0.05, 0.1) is 28.8 Å². The van der Waals surface area contributed by atoms with Crippen molar-refractivity contribution < 1.29 is 9.53 Å². The van der Waals surface area contributed by atoms with Crippen LogP contribution < -0.4 is 4.90 Å². The number of anilines is 1. The second-order valence-corrected chi connectivity index (χ2v) is 8.65. The molecule has 0 unspecified atom stereocenters. The molecule has 1 saturated heterocycles. The lowest BCUT2D eigenvalue weighted by Gasteiger charge is -2.44. The number of likely N-dealkylation sites (tertiary alicyclic amines) is 1. The molecule has 2 aliphatic rings. The zero-order chi connectivity index (χ0) is 20.6. The Morgan fingerprint density at radius 1 is 1.24 bits per heavy atom. The molecule has 0 saturated carbocycles. The average molecular weight is 435 g/mol. The van der Waals surface area contributed by atoms with Gasteiger partial charge in [-0.05, 0) is 42.5 Å². The number of benzene rings is 1. The Labute approximate surface area is 180 Å². The van der Waals surface area contributed by atoms with Crippen molar-refractivity contribution in [3.63, 3.8) is 0 Å². The quantitative estimate of drug-likeness (QED) is 0.739. The Hall–Kier alpha value is -1.89. The highest BCUT2D eigenvalue weighted by Gasteiger charge is 2.43. The fourth-order valence-corrected chi connectivity index (χ4v) is 4.37. The van der Waals surface area contributed by atoms with E-state index in [0.29, 0.717) is 42.1 Å². The fourth-order valence-electron chi connectivity index (χ4n) is 4.05. The van der Waals surface area contributed by atoms with Crippen molar-refractivity contribution in [3.8, 4) is 0 Å². The van der Waals surface area contributed by atoms with Crippen LogP contribution in [-0.2, 0) is 28.0 Å². The SMILES string of the molecule is CN(C)c1ncc2c(n1)C1(CCN(C(=O)Cc3ccc(Cl)c(Cl)c3)CC1)OCC2. The minimum absolute atomic E-state index is 0.0888. The zero-order valence-corrected chi connectivity index (χ0v) is 18.1. The van der Waals surface area contributed by atoms with Crippen LogP contribution in [0.3, 0.4) is 0 Å². The van der Waals surface area contributed by atoms with E-state index in [0.717, 1.165) is 36.1 Å². The van der Waals surface area contributed by atoms with Gasteiger partial charge < -0.3 is 14.5 Å². The summed E-state index contributed by atoms with van der Waals surface area (Å²) in [5, 5.41) is 0.966. The molecule has 0 aliphatic carbocycles. The van der Waals surface area contributed by atoms with Gasteiger partial charge in [0.1, 0.15) is 5.60 Å². The molecular formula is C21H24Cl2N4O2. The van der Waals surface area contributed by atoms with E-state index >= 15 is 0 Å². The van der Waals surface area contributed by atoms with E-state index in [-0.39, 0.29) is 5.91 Å². The molecule has 1 aromatic carbocycles. The Morgan fingerprint density at radius 2 is 2.00 bits per heavy atom. The molecule has 8 heteroatoms. The number of amides is 1. The first-order valence-electron chi connectivity index (χ1n) is 9.77. The van der Waals surface area contributed by atoms with Crippen molar-refractivity contribution >= 4 is 35.1 Å². The molecule has 0 bridgehead atoms. The van der Waals surface area contributed by atoms with E-state index < -0.39 is 5.60 Å². The number of nitrogens with zero attached hydrogens (tertiary/aromatic N) is 4. The van der Waals surface area contributed by atoms with Gasteiger partial charge in [0.2, 0.25) is 11.9 Å². The topological polar surface area (TPSA) is 58.6 Å². The molecule has 0 N–H and O–H groups in total. The molecule has 0 radical (unpaired) electrons. The first-order chi connectivity index (χ1) is 13.9. The van der Waals surface area contributed by atoms with E-state index in [1.165, 1.54) is 0 Å². The van der Waals surface area contributed by atoms with Gasteiger partial charge in [0.25, 0.3) is 0 Å². The third-order valence-corrected chi connectivity index (χ3v) is 6.44. The van der Waals surface area contributed by atoms with E-state index in [2.05, 4.69) is 4.98 Å². The van der Waals surface area contributed by atoms with Crippen molar-refractivity contribution in [1.29, 1.82) is 0 Å². The molecule has 1 amide bonds. The summed E-state index contributed by atoms with van der Waals surface area (Å²) < 4.78 is 6.26. The molecule has 2 aliphatic heterocycles. The van der Waals surface area contributed by atoms with E-state index in [4.69, 9.17) is 32.9 Å². The summed E-state index contributed by atoms with van der Waals surface area (Å²) in [5.41, 5.74) is 2.57. The Bertz CT molecular complexity index is 927. The number of rotatable bonds is 3. The second-order valence-electron chi connectivity index (χ2n) is 7.84. The third-order valence-electron chi connectivity index (χ3n) is 5.70. The number of carbonyl (C=O) groups excluding carboxylic acids is 1. The maximum Gasteiger partial charge on any atom is 0.226 e. The van der Waals surface area contributed by atoms with Crippen LogP contribution in [0.4, 0.5) is 5.95 Å². The van der Waals surface area contributed by atoms with E-state index in [1.54, 1.807) is 12.1 Å². The monoisotopic (exact) mass is 434 g/mol. The van der Waals surface area contributed by atoms with Crippen LogP contribution in [0.25, 0.3) is 0 Å². The van der Waals surface area contributed by atoms with Crippen LogP contribution >= 0.6 is 23.2 Å². The molecule has 1 spiro atoms. The number of aromatic nitrogens is 2. The van der Waals surface area contributed by atoms with E-state index in [1.807, 2.05) is 36.2 Å². The number of piperidine rings is 1. The number of fused-ring (bicyclic) bond motifs is 2. The Kier molecular flexibility index (Phi) is 5.69. The van der Waals surface area contributed by atoms with Crippen molar-refractivity contribution in [2.45, 2.75) is 31.3 Å². The third kappa shape index (κ3) is 4.06. The number of halogens is 2. The van der Waals surface area contributed by atoms with Gasteiger partial charge in [-0.2, -0.15) is 0 Å². The number of carbonyl (C=O) groups is 1. The average Bonchev–Trinajstić information content (AvgIpc) is 2.71. The smallest absolute Gasteiger partial charge is 0.226 e. The number of hydrogen-bond acceptors (Lipinski definition) is 5. The van der Waals surface area contributed by atoms with Gasteiger partial charge in [-0.3, -0.25) is 4.79 Å². The standard InChI is InChI=1S/C21H24Cl2N4O2/c1-26(2)20-24-13-15-5-10-29-21(19(15)25-20)6-8-27(9-7-21)18(28)12-14-3-4-16(22)17(23)11-14/h3-4,11,13H,5-10,12H2,1-2H3. The van der Waals surface area contributed by atoms with Crippen LogP contribution in [0.15, 0.2) is 24.4 Å². The predicted octanol–water partition coefficient (Wildman–Crippen LogP) is 3.48. The predicted molar refractivity (Wildman–Crippen MR) is 114 cm³/mol. The summed E-state index contributed by atoms with van der Waals surface area (Å²) in [6, 6.07) is 5.33. The molecule has 6 nitrogen and oxygen atoms in total. The number of hydrogen-bond donors (Lipinski definition) is 0. The lowest BCUT2D eigenvalue weighted by molar-refractivity contribution is -0.140. The van der Waals surface area contributed by atoms with Gasteiger partial charge in [0.15, 0.2) is 0 Å². The minimum atomic E-state index is -0.429. The molecule has 1 fully saturated rings. The second kappa shape index (κ2) is 8.09. The summed E-state index contributed by atoms with van der Waals surface area (Å²) in [4.78, 5) is 25.9. The van der Waals surface area contributed by atoms with Crippen LogP contribution in [0.2, 0.25) is 10.0 Å². The molecule has 4 rings (SSSR count). The first-order valence-corrected chi connectivity index (χ1v) is 10.5. The van der Waals surface area contributed by atoms with Crippen molar-refractivity contribution in [3.05, 3.63) is 51.3 Å². The van der Waals surface area contributed by atoms with Gasteiger partial charge in [-0.1, -0.05) is 29.3 Å². The molecule has 3 heterocycles. The largest absolute Gasteiger partial charge is 0.368 e. The normalized spacial score (nSPS) is 17.9. The highest BCUT2D eigenvalue weighted by molar-refractivity contribution is 6.42. The maximum atomic E-state index is 12.8. The first kappa shape index (κ1) is 20.4. The summed E-state index contributed by atoms with van der Waals surface area (Å²) in [6.07, 6.45) is 4.52. The van der Waals surface area contributed by atoms with Gasteiger partial charge in [0, 0.05) is 33.4 Å². The summed E-state index contributed by atoms with van der Waals surface area (Å²) >= 11 is 12.0. The molecule has 1 aromatic heterocycles. The van der Waals surface area contributed by atoms with Crippen LogP contribution in [0.5, 0.6) is 0 Å². The highest BCUT2D eigenvalue weighted by Crippen LogP contribution is 2.40. The van der Waals surface area contributed by atoms with Gasteiger partial charge >= 0.3 is 0 Å². The fraction of sp³-hybridized carbons (Fsp3) is 0.476. The molecule has 154 valence electrons. The van der Waals surface area contributed by atoms with Crippen molar-refractivity contribution in [1.82, 2.24) is 14.9 Å². The number of ether oxygens (including phenoxy) is 1. The van der Waals surface area contributed by atoms with Crippen LogP contribution in [0, 0.1) is 0 Å². The van der Waals surface area contributed by atoms with Gasteiger partial charge in [-0.15, -0.1) is 0 Å². The maximum absolute atomic E-state index is 12.8. The summed E-state index contributed by atoms with van der Waals surface area (Å²) in [6.45, 7) is 1.94. The summed E-state index contributed by atoms with van der Waals surface area (Å²) in [5.74, 6) is 0.776. The van der Waals surface area contributed by atoms with Crippen LogP contribution in [-0.4, -0.2) is 54.6 Å². The molecule has 0 atom stereocenters. The zero-order valence-electron chi connectivity index (χ0n) is 16.6. The lowest BCUT2D eigenvalue weighted by atomic mass is 9.83. The molecule has 29 heavy (non-hydrogen) atoms. The summed E-state index contributed by atoms with van der Waals surface area (Å²) in [7, 11) is 3.87. The van der Waals surface area contributed by atoms with Gasteiger partial charge in [-0.25, -0.2) is 9.97 Å². The van der Waals surface area contributed by atoms with Crippen molar-refractivity contribution in [2.75, 3.05) is 38.7 Å². The lowest BCUT2D eigenvalue weighted by Crippen LogP contribution is -2.49. The Balaban J connectivity index is 1.47. The highest BCUT2D eigenvalue weighted by atomic mass is 35.5. The minimum Gasteiger partial charge on any atom is -0.368 e. The van der Waals surface area contributed by atoms with Crippen LogP contribution in [0.1, 0.15) is 29.7 Å².